The Morgan fingerprint density at radius 2 is 1.93 bits per heavy atom. The molecule has 0 amide bonds. The van der Waals surface area contributed by atoms with Gasteiger partial charge in [-0.05, 0) is 33.7 Å². The van der Waals surface area contributed by atoms with Gasteiger partial charge in [0, 0.05) is 12.1 Å². The van der Waals surface area contributed by atoms with E-state index in [1.807, 2.05) is 0 Å². The zero-order valence-corrected chi connectivity index (χ0v) is 10.3. The summed E-state index contributed by atoms with van der Waals surface area (Å²) in [6.07, 6.45) is 1.07. The van der Waals surface area contributed by atoms with Crippen LogP contribution in [0.15, 0.2) is 0 Å². The Hall–Kier alpha value is 0.0300. The first-order valence-corrected chi connectivity index (χ1v) is 5.90. The van der Waals surface area contributed by atoms with Gasteiger partial charge in [-0.3, -0.25) is 13.6 Å². The molecular formula is C9H21NO3S. The van der Waals surface area contributed by atoms with Gasteiger partial charge in [0.25, 0.3) is 0 Å². The number of rotatable bonds is 6. The van der Waals surface area contributed by atoms with Crippen LogP contribution in [0.1, 0.15) is 34.1 Å². The molecule has 0 aliphatic carbocycles. The van der Waals surface area contributed by atoms with Gasteiger partial charge < -0.3 is 0 Å². The summed E-state index contributed by atoms with van der Waals surface area (Å²) in [4.78, 5) is 2.24. The molecule has 0 fully saturated rings. The Morgan fingerprint density at radius 1 is 1.36 bits per heavy atom. The van der Waals surface area contributed by atoms with Crippen LogP contribution in [0.2, 0.25) is 0 Å². The van der Waals surface area contributed by atoms with Crippen LogP contribution in [0.3, 0.4) is 0 Å². The Labute approximate surface area is 89.1 Å². The first kappa shape index (κ1) is 14.0. The van der Waals surface area contributed by atoms with Gasteiger partial charge in [0.05, 0.1) is 6.61 Å². The van der Waals surface area contributed by atoms with Gasteiger partial charge in [-0.25, -0.2) is 0 Å². The van der Waals surface area contributed by atoms with E-state index >= 15 is 0 Å². The molecule has 86 valence electrons. The Kier molecular flexibility index (Phi) is 6.52. The van der Waals surface area contributed by atoms with Crippen molar-refractivity contribution in [3.63, 3.8) is 0 Å². The van der Waals surface area contributed by atoms with Crippen molar-refractivity contribution in [2.45, 2.75) is 39.7 Å². The van der Waals surface area contributed by atoms with Crippen molar-refractivity contribution in [2.24, 2.45) is 0 Å². The summed E-state index contributed by atoms with van der Waals surface area (Å²) >= 11 is -2.14. The Bertz CT molecular complexity index is 179. The summed E-state index contributed by atoms with van der Waals surface area (Å²) < 4.78 is 23.3. The molecule has 0 saturated carbocycles. The fourth-order valence-electron chi connectivity index (χ4n) is 1.27. The van der Waals surface area contributed by atoms with E-state index in [4.69, 9.17) is 4.55 Å². The third kappa shape index (κ3) is 6.48. The predicted octanol–water partition coefficient (Wildman–Crippen LogP) is 1.65. The zero-order chi connectivity index (χ0) is 11.2. The van der Waals surface area contributed by atoms with Crippen LogP contribution in [-0.4, -0.2) is 38.9 Å². The quantitative estimate of drug-likeness (QED) is 0.696. The highest BCUT2D eigenvalue weighted by atomic mass is 32.2. The third-order valence-corrected chi connectivity index (χ3v) is 2.36. The molecule has 0 bridgehead atoms. The van der Waals surface area contributed by atoms with E-state index in [1.54, 1.807) is 0 Å². The average molecular weight is 223 g/mol. The van der Waals surface area contributed by atoms with Gasteiger partial charge in [-0.1, -0.05) is 6.92 Å². The summed E-state index contributed by atoms with van der Waals surface area (Å²) in [6.45, 7) is 10.4. The minimum atomic E-state index is -2.14. The molecule has 0 aromatic carbocycles. The molecule has 0 aromatic rings. The molecular weight excluding hydrogens is 202 g/mol. The highest BCUT2D eigenvalue weighted by Gasteiger charge is 2.19. The van der Waals surface area contributed by atoms with Gasteiger partial charge in [0.15, 0.2) is 0 Å². The summed E-state index contributed by atoms with van der Waals surface area (Å²) in [5.41, 5.74) is 0.0797. The normalized spacial score (nSPS) is 14.7. The van der Waals surface area contributed by atoms with Gasteiger partial charge >= 0.3 is 11.4 Å². The number of nitrogens with zero attached hydrogens (tertiary/aromatic N) is 1. The van der Waals surface area contributed by atoms with E-state index in [0.717, 1.165) is 13.0 Å². The molecule has 4 nitrogen and oxygen atoms in total. The summed E-state index contributed by atoms with van der Waals surface area (Å²) in [5, 5.41) is 0. The fraction of sp³-hybridized carbons (Fsp3) is 1.00. The van der Waals surface area contributed by atoms with E-state index < -0.39 is 11.4 Å². The first-order chi connectivity index (χ1) is 6.38. The lowest BCUT2D eigenvalue weighted by Gasteiger charge is -2.35. The molecule has 0 spiro atoms. The molecule has 0 rings (SSSR count). The summed E-state index contributed by atoms with van der Waals surface area (Å²) in [5.74, 6) is 0. The van der Waals surface area contributed by atoms with Crippen LogP contribution >= 0.6 is 0 Å². The molecule has 1 unspecified atom stereocenters. The van der Waals surface area contributed by atoms with Crippen LogP contribution in [-0.2, 0) is 15.5 Å². The van der Waals surface area contributed by atoms with Crippen molar-refractivity contribution in [3.05, 3.63) is 0 Å². The molecule has 0 saturated heterocycles. The summed E-state index contributed by atoms with van der Waals surface area (Å²) in [7, 11) is 0. The second-order valence-corrected chi connectivity index (χ2v) is 4.87. The molecule has 0 heterocycles. The first-order valence-electron chi connectivity index (χ1n) is 4.87. The molecule has 1 atom stereocenters. The SMILES string of the molecule is CCCN(CCOS(=O)O)C(C)(C)C. The van der Waals surface area contributed by atoms with Crippen LogP contribution in [0, 0.1) is 0 Å². The monoisotopic (exact) mass is 223 g/mol. The zero-order valence-electron chi connectivity index (χ0n) is 9.45. The predicted molar refractivity (Wildman–Crippen MR) is 58.3 cm³/mol. The molecule has 0 aliphatic heterocycles. The topological polar surface area (TPSA) is 49.8 Å². The molecule has 0 aromatic heterocycles. The van der Waals surface area contributed by atoms with Crippen molar-refractivity contribution >= 4 is 11.4 Å². The van der Waals surface area contributed by atoms with Gasteiger partial charge in [-0.2, -0.15) is 4.21 Å². The molecule has 0 radical (unpaired) electrons. The van der Waals surface area contributed by atoms with Crippen molar-refractivity contribution in [3.8, 4) is 0 Å². The Balaban J connectivity index is 3.92. The van der Waals surface area contributed by atoms with Crippen molar-refractivity contribution < 1.29 is 12.9 Å². The number of hydrogen-bond acceptors (Lipinski definition) is 3. The highest BCUT2D eigenvalue weighted by Crippen LogP contribution is 2.12. The average Bonchev–Trinajstić information content (AvgIpc) is 2.00. The van der Waals surface area contributed by atoms with Crippen molar-refractivity contribution in [2.75, 3.05) is 19.7 Å². The highest BCUT2D eigenvalue weighted by molar-refractivity contribution is 7.74. The van der Waals surface area contributed by atoms with E-state index in [2.05, 4.69) is 36.8 Å². The minimum Gasteiger partial charge on any atom is -0.296 e. The largest absolute Gasteiger partial charge is 0.301 e. The maximum Gasteiger partial charge on any atom is 0.301 e. The summed E-state index contributed by atoms with van der Waals surface area (Å²) in [6, 6.07) is 0. The second-order valence-electron chi connectivity index (χ2n) is 4.20. The minimum absolute atomic E-state index is 0.0797. The maximum absolute atomic E-state index is 10.3. The van der Waals surface area contributed by atoms with E-state index in [1.165, 1.54) is 0 Å². The lowest BCUT2D eigenvalue weighted by Crippen LogP contribution is -2.43. The molecule has 14 heavy (non-hydrogen) atoms. The smallest absolute Gasteiger partial charge is 0.296 e. The standard InChI is InChI=1S/C9H21NO3S/c1-5-6-10(9(2,3)4)7-8-13-14(11)12/h5-8H2,1-4H3,(H,11,12). The van der Waals surface area contributed by atoms with Gasteiger partial charge in [0.2, 0.25) is 0 Å². The van der Waals surface area contributed by atoms with E-state index in [9.17, 15) is 4.21 Å². The molecule has 1 N–H and O–H groups in total. The van der Waals surface area contributed by atoms with Crippen molar-refractivity contribution in [1.29, 1.82) is 0 Å². The van der Waals surface area contributed by atoms with Crippen LogP contribution in [0.5, 0.6) is 0 Å². The second kappa shape index (κ2) is 6.50. The Morgan fingerprint density at radius 3 is 2.29 bits per heavy atom. The maximum atomic E-state index is 10.3. The van der Waals surface area contributed by atoms with Crippen molar-refractivity contribution in [1.82, 2.24) is 4.90 Å². The molecule has 5 heteroatoms. The lowest BCUT2D eigenvalue weighted by atomic mass is 10.1. The van der Waals surface area contributed by atoms with Gasteiger partial charge in [-0.15, -0.1) is 0 Å². The fourth-order valence-corrected chi connectivity index (χ4v) is 1.49. The lowest BCUT2D eigenvalue weighted by molar-refractivity contribution is 0.113. The third-order valence-electron chi connectivity index (χ3n) is 1.99. The molecule has 0 aliphatic rings. The van der Waals surface area contributed by atoms with Crippen LogP contribution in [0.4, 0.5) is 0 Å². The van der Waals surface area contributed by atoms with Crippen LogP contribution < -0.4 is 0 Å². The van der Waals surface area contributed by atoms with E-state index in [0.29, 0.717) is 13.2 Å². The van der Waals surface area contributed by atoms with E-state index in [-0.39, 0.29) is 5.54 Å². The number of hydrogen-bond donors (Lipinski definition) is 1. The van der Waals surface area contributed by atoms with Crippen LogP contribution in [0.25, 0.3) is 0 Å². The van der Waals surface area contributed by atoms with Gasteiger partial charge in [0.1, 0.15) is 0 Å².